The predicted octanol–water partition coefficient (Wildman–Crippen LogP) is 2.30. The van der Waals surface area contributed by atoms with Crippen LogP contribution in [-0.2, 0) is 15.5 Å². The van der Waals surface area contributed by atoms with E-state index in [-0.39, 0.29) is 17.8 Å². The molecule has 0 aromatic carbocycles. The van der Waals surface area contributed by atoms with Gasteiger partial charge in [0, 0.05) is 14.1 Å². The molecule has 2 rings (SSSR count). The summed E-state index contributed by atoms with van der Waals surface area (Å²) in [6, 6.07) is 1.66. The van der Waals surface area contributed by atoms with Gasteiger partial charge in [-0.1, -0.05) is 0 Å². The van der Waals surface area contributed by atoms with Crippen molar-refractivity contribution in [1.82, 2.24) is 20.0 Å². The number of nitrogens with zero attached hydrogens (tertiary/aromatic N) is 3. The van der Waals surface area contributed by atoms with Crippen molar-refractivity contribution in [2.75, 3.05) is 14.1 Å². The molecule has 0 saturated carbocycles. The molecule has 0 aliphatic carbocycles. The molecular formula is C15H22N4O4S. The summed E-state index contributed by atoms with van der Waals surface area (Å²) >= 11 is 1.21. The topological polar surface area (TPSA) is 85.7 Å². The summed E-state index contributed by atoms with van der Waals surface area (Å²) in [5.41, 5.74) is 0.412. The summed E-state index contributed by atoms with van der Waals surface area (Å²) in [4.78, 5) is 25.4. The van der Waals surface area contributed by atoms with Gasteiger partial charge in [-0.25, -0.2) is 9.48 Å². The number of carbonyl (C=O) groups excluding carboxylic acids is 2. The first-order valence-electron chi connectivity index (χ1n) is 7.43. The van der Waals surface area contributed by atoms with Crippen LogP contribution in [0, 0.1) is 0 Å². The van der Waals surface area contributed by atoms with Crippen molar-refractivity contribution >= 4 is 24.0 Å². The third-order valence-corrected chi connectivity index (χ3v) is 3.72. The lowest BCUT2D eigenvalue weighted by molar-refractivity contribution is 0.0522. The molecule has 1 N–H and O–H groups in total. The summed E-state index contributed by atoms with van der Waals surface area (Å²) in [6.45, 7) is 5.57. The Bertz CT molecular complexity index is 648. The molecule has 0 saturated heterocycles. The van der Waals surface area contributed by atoms with Gasteiger partial charge in [-0.3, -0.25) is 4.79 Å². The van der Waals surface area contributed by atoms with Gasteiger partial charge in [-0.2, -0.15) is 5.10 Å². The van der Waals surface area contributed by atoms with Gasteiger partial charge in [-0.05, 0) is 32.9 Å². The molecule has 132 valence electrons. The number of nitrogens with one attached hydrogen (secondary N) is 1. The van der Waals surface area contributed by atoms with Crippen LogP contribution in [-0.4, -0.2) is 46.4 Å². The first kappa shape index (κ1) is 18.2. The van der Waals surface area contributed by atoms with E-state index < -0.39 is 11.7 Å². The number of hydrogen-bond acceptors (Lipinski definition) is 6. The fourth-order valence-corrected chi connectivity index (χ4v) is 2.57. The van der Waals surface area contributed by atoms with Crippen LogP contribution in [0.15, 0.2) is 18.4 Å². The van der Waals surface area contributed by atoms with Crippen molar-refractivity contribution in [1.29, 1.82) is 0 Å². The number of rotatable bonds is 4. The van der Waals surface area contributed by atoms with E-state index in [9.17, 15) is 9.59 Å². The van der Waals surface area contributed by atoms with Gasteiger partial charge < -0.3 is 19.1 Å². The van der Waals surface area contributed by atoms with Crippen molar-refractivity contribution in [3.05, 3.63) is 29.8 Å². The van der Waals surface area contributed by atoms with E-state index in [4.69, 9.17) is 8.92 Å². The highest BCUT2D eigenvalue weighted by molar-refractivity contribution is 7.95. The number of amides is 2. The Hall–Kier alpha value is -2.16. The minimum absolute atomic E-state index is 0.188. The highest BCUT2D eigenvalue weighted by Crippen LogP contribution is 2.32. The normalized spacial score (nSPS) is 16.6. The quantitative estimate of drug-likeness (QED) is 0.835. The van der Waals surface area contributed by atoms with Crippen LogP contribution in [0.25, 0.3) is 0 Å². The van der Waals surface area contributed by atoms with Crippen LogP contribution >= 0.6 is 12.0 Å². The SMILES string of the molecule is CN(C)C(=O)c1cc(CNC(=O)OC(C)(C)C)n(C2C=COS2)n1. The summed E-state index contributed by atoms with van der Waals surface area (Å²) in [5.74, 6) is -0.208. The summed E-state index contributed by atoms with van der Waals surface area (Å²) < 4.78 is 12.0. The third-order valence-electron chi connectivity index (χ3n) is 2.95. The molecule has 9 heteroatoms. The summed E-state index contributed by atoms with van der Waals surface area (Å²) in [6.07, 6.45) is 2.86. The lowest BCUT2D eigenvalue weighted by Crippen LogP contribution is -2.32. The van der Waals surface area contributed by atoms with Crippen LogP contribution in [0.4, 0.5) is 4.79 Å². The Labute approximate surface area is 145 Å². The molecule has 0 radical (unpaired) electrons. The molecule has 2 amide bonds. The Balaban J connectivity index is 2.16. The maximum Gasteiger partial charge on any atom is 0.407 e. The zero-order valence-electron chi connectivity index (χ0n) is 14.4. The van der Waals surface area contributed by atoms with Crippen molar-refractivity contribution in [2.45, 2.75) is 38.3 Å². The second kappa shape index (κ2) is 7.16. The van der Waals surface area contributed by atoms with Crippen LogP contribution in [0.5, 0.6) is 0 Å². The minimum Gasteiger partial charge on any atom is -0.444 e. The fraction of sp³-hybridized carbons (Fsp3) is 0.533. The third kappa shape index (κ3) is 4.67. The Morgan fingerprint density at radius 1 is 1.46 bits per heavy atom. The fourth-order valence-electron chi connectivity index (χ4n) is 1.94. The lowest BCUT2D eigenvalue weighted by atomic mass is 10.2. The molecule has 8 nitrogen and oxygen atoms in total. The highest BCUT2D eigenvalue weighted by Gasteiger charge is 2.24. The Kier molecular flexibility index (Phi) is 5.43. The van der Waals surface area contributed by atoms with E-state index in [1.807, 2.05) is 6.08 Å². The predicted molar refractivity (Wildman–Crippen MR) is 90.2 cm³/mol. The second-order valence-electron chi connectivity index (χ2n) is 6.43. The maximum atomic E-state index is 12.1. The first-order valence-corrected chi connectivity index (χ1v) is 8.23. The van der Waals surface area contributed by atoms with E-state index in [2.05, 4.69) is 10.4 Å². The van der Waals surface area contributed by atoms with Crippen LogP contribution in [0.1, 0.15) is 42.3 Å². The van der Waals surface area contributed by atoms with Gasteiger partial charge in [0.15, 0.2) is 11.1 Å². The van der Waals surface area contributed by atoms with Gasteiger partial charge in [0.1, 0.15) is 11.9 Å². The first-order chi connectivity index (χ1) is 11.2. The molecular weight excluding hydrogens is 332 g/mol. The van der Waals surface area contributed by atoms with Crippen molar-refractivity contribution < 1.29 is 18.5 Å². The van der Waals surface area contributed by atoms with E-state index in [0.29, 0.717) is 11.4 Å². The van der Waals surface area contributed by atoms with Crippen molar-refractivity contribution in [3.63, 3.8) is 0 Å². The van der Waals surface area contributed by atoms with E-state index in [0.717, 1.165) is 0 Å². The monoisotopic (exact) mass is 354 g/mol. The molecule has 1 aromatic rings. The van der Waals surface area contributed by atoms with E-state index in [1.54, 1.807) is 51.9 Å². The van der Waals surface area contributed by atoms with Crippen LogP contribution in [0.3, 0.4) is 0 Å². The molecule has 1 aliphatic heterocycles. The average molecular weight is 354 g/mol. The van der Waals surface area contributed by atoms with Crippen molar-refractivity contribution in [2.24, 2.45) is 0 Å². The molecule has 1 aliphatic rings. The van der Waals surface area contributed by atoms with Gasteiger partial charge in [0.25, 0.3) is 5.91 Å². The Morgan fingerprint density at radius 3 is 2.71 bits per heavy atom. The van der Waals surface area contributed by atoms with Gasteiger partial charge in [0.05, 0.1) is 24.3 Å². The van der Waals surface area contributed by atoms with Gasteiger partial charge >= 0.3 is 6.09 Å². The maximum absolute atomic E-state index is 12.1. The molecule has 0 fully saturated rings. The van der Waals surface area contributed by atoms with Gasteiger partial charge in [0.2, 0.25) is 0 Å². The molecule has 1 atom stereocenters. The lowest BCUT2D eigenvalue weighted by Gasteiger charge is -2.20. The zero-order chi connectivity index (χ0) is 17.9. The van der Waals surface area contributed by atoms with E-state index in [1.165, 1.54) is 16.9 Å². The average Bonchev–Trinajstić information content (AvgIpc) is 3.11. The van der Waals surface area contributed by atoms with Crippen molar-refractivity contribution in [3.8, 4) is 0 Å². The summed E-state index contributed by atoms with van der Waals surface area (Å²) in [7, 11) is 3.32. The zero-order valence-corrected chi connectivity index (χ0v) is 15.2. The molecule has 24 heavy (non-hydrogen) atoms. The van der Waals surface area contributed by atoms with E-state index >= 15 is 0 Å². The second-order valence-corrected chi connectivity index (χ2v) is 7.30. The highest BCUT2D eigenvalue weighted by atomic mass is 32.2. The molecule has 0 bridgehead atoms. The number of hydrogen-bond donors (Lipinski definition) is 1. The number of aromatic nitrogens is 2. The molecule has 1 aromatic heterocycles. The number of alkyl carbamates (subject to hydrolysis) is 1. The number of ether oxygens (including phenoxy) is 1. The number of carbonyl (C=O) groups is 2. The smallest absolute Gasteiger partial charge is 0.407 e. The minimum atomic E-state index is -0.575. The molecule has 0 spiro atoms. The van der Waals surface area contributed by atoms with Crippen LogP contribution in [0.2, 0.25) is 0 Å². The Morgan fingerprint density at radius 2 is 2.17 bits per heavy atom. The molecule has 2 heterocycles. The standard InChI is InChI=1S/C15H22N4O4S/c1-15(2,3)23-14(21)16-9-10-8-11(13(20)18(4)5)17-19(10)12-6-7-22-24-12/h6-8,12H,9H2,1-5H3,(H,16,21). The van der Waals surface area contributed by atoms with Crippen LogP contribution < -0.4 is 5.32 Å². The molecule has 1 unspecified atom stereocenters. The summed E-state index contributed by atoms with van der Waals surface area (Å²) in [5, 5.41) is 6.84. The largest absolute Gasteiger partial charge is 0.444 e. The van der Waals surface area contributed by atoms with Gasteiger partial charge in [-0.15, -0.1) is 0 Å².